The van der Waals surface area contributed by atoms with E-state index in [0.717, 1.165) is 39.9 Å². The minimum atomic E-state index is -3.13. The second-order valence-electron chi connectivity index (χ2n) is 21.9. The lowest BCUT2D eigenvalue weighted by molar-refractivity contribution is -0.501. The number of carbonyl (C=O) groups excluding carboxylic acids is 1. The second-order valence-corrected chi connectivity index (χ2v) is 26.2. The first-order valence-corrected chi connectivity index (χ1v) is 29.8. The van der Waals surface area contributed by atoms with Crippen LogP contribution in [0.1, 0.15) is 73.5 Å². The molecular weight excluding hydrogens is 1030 g/mol. The summed E-state index contributed by atoms with van der Waals surface area (Å²) >= 11 is 0. The van der Waals surface area contributed by atoms with Gasteiger partial charge in [-0.1, -0.05) is 191 Å². The Balaban J connectivity index is 1.05. The van der Waals surface area contributed by atoms with Gasteiger partial charge in [0.25, 0.3) is 8.32 Å². The van der Waals surface area contributed by atoms with Crippen molar-refractivity contribution in [1.29, 1.82) is 0 Å². The molecule has 10 rings (SSSR count). The van der Waals surface area contributed by atoms with Crippen LogP contribution in [0, 0.1) is 0 Å². The van der Waals surface area contributed by atoms with E-state index in [1.807, 2.05) is 109 Å². The Morgan fingerprint density at radius 1 is 0.525 bits per heavy atom. The van der Waals surface area contributed by atoms with Crippen LogP contribution in [-0.4, -0.2) is 122 Å². The number of rotatable bonds is 22. The van der Waals surface area contributed by atoms with Crippen LogP contribution in [0.4, 0.5) is 0 Å². The fraction of sp³-hybridized carbons (Fsp3) is 0.431. The molecule has 6 aromatic rings. The third kappa shape index (κ3) is 12.3. The Labute approximate surface area is 471 Å². The van der Waals surface area contributed by atoms with Gasteiger partial charge in [-0.3, -0.25) is 0 Å². The predicted molar refractivity (Wildman–Crippen MR) is 302 cm³/mol. The highest BCUT2D eigenvalue weighted by atomic mass is 28.4. The molecule has 12 atom stereocenters. The lowest BCUT2D eigenvalue weighted by Crippen LogP contribution is -2.76. The largest absolute Gasteiger partial charge is 0.453 e. The third-order valence-corrected chi connectivity index (χ3v) is 21.0. The number of benzene rings is 6. The van der Waals surface area contributed by atoms with Crippen LogP contribution in [0.2, 0.25) is 5.04 Å². The van der Waals surface area contributed by atoms with Crippen molar-refractivity contribution in [3.63, 3.8) is 0 Å². The summed E-state index contributed by atoms with van der Waals surface area (Å²) < 4.78 is 90.6. The molecule has 15 heteroatoms. The number of ether oxygens (including phenoxy) is 12. The van der Waals surface area contributed by atoms with Crippen molar-refractivity contribution in [3.8, 4) is 0 Å². The predicted octanol–water partition coefficient (Wildman–Crippen LogP) is 9.70. The summed E-state index contributed by atoms with van der Waals surface area (Å²) in [4.78, 5) is 14.3. The molecule has 1 saturated carbocycles. The van der Waals surface area contributed by atoms with E-state index in [4.69, 9.17) is 61.3 Å². The number of hydrogen-bond donors (Lipinski definition) is 0. The summed E-state index contributed by atoms with van der Waals surface area (Å²) in [6, 6.07) is 59.3. The van der Waals surface area contributed by atoms with Crippen LogP contribution < -0.4 is 10.4 Å². The Kier molecular flexibility index (Phi) is 18.9. The van der Waals surface area contributed by atoms with Crippen LogP contribution in [0.25, 0.3) is 0 Å². The number of methoxy groups -OCH3 is 3. The van der Waals surface area contributed by atoms with E-state index >= 15 is 0 Å². The van der Waals surface area contributed by atoms with Crippen molar-refractivity contribution in [1.82, 2.24) is 0 Å². The Hall–Kier alpha value is -5.47. The molecule has 4 fully saturated rings. The summed E-state index contributed by atoms with van der Waals surface area (Å²) in [5.74, 6) is -3.24. The van der Waals surface area contributed by atoms with Crippen LogP contribution in [0.3, 0.4) is 0 Å². The van der Waals surface area contributed by atoms with E-state index in [9.17, 15) is 4.79 Å². The van der Waals surface area contributed by atoms with Gasteiger partial charge < -0.3 is 61.3 Å². The molecule has 0 N–H and O–H groups in total. The van der Waals surface area contributed by atoms with E-state index < -0.39 is 87.3 Å². The molecular formula is C65H76O14Si. The molecule has 14 nitrogen and oxygen atoms in total. The molecule has 1 aliphatic carbocycles. The molecule has 0 aromatic heterocycles. The van der Waals surface area contributed by atoms with Gasteiger partial charge in [0.2, 0.25) is 11.6 Å². The monoisotopic (exact) mass is 1110 g/mol. The fourth-order valence-electron chi connectivity index (χ4n) is 12.0. The second kappa shape index (κ2) is 26.2. The standard InChI is InChI=1S/C65H76O14Si/c1-63(2,3)80(50-35-21-11-22-36-50,51-37-23-12-24-38-51)73-45-53-55-57(79-65(69-6)40-26-25-39-64(65,68-5)78-55)59(61(67-4)74-53)77-62-58(72-43-48-31-17-9-18-32-48)56(71-42-47-29-15-8-16-30-47)54(76-60(66)49-33-19-10-20-34-49)52(75-62)44-70-41-46-27-13-7-14-28-46/h7-24,27-38,52-59,61-62H,25-26,39-45H2,1-6H3/t52-,53-,54-,55-,56+,57+,58+,59+,61+,62-,64+,65+/m1/s1. The minimum absolute atomic E-state index is 0.0244. The van der Waals surface area contributed by atoms with E-state index in [-0.39, 0.29) is 38.1 Å². The fourth-order valence-corrected chi connectivity index (χ4v) is 16.6. The lowest BCUT2D eigenvalue weighted by Gasteiger charge is -2.61. The average molecular weight is 1110 g/mol. The van der Waals surface area contributed by atoms with Gasteiger partial charge in [0.1, 0.15) is 42.7 Å². The zero-order valence-electron chi connectivity index (χ0n) is 46.7. The molecule has 0 radical (unpaired) electrons. The maximum atomic E-state index is 14.3. The smallest absolute Gasteiger partial charge is 0.338 e. The van der Waals surface area contributed by atoms with E-state index in [0.29, 0.717) is 18.4 Å². The van der Waals surface area contributed by atoms with Crippen LogP contribution in [-0.2, 0) is 81.1 Å². The first kappa shape index (κ1) is 57.8. The van der Waals surface area contributed by atoms with E-state index in [1.165, 1.54) is 0 Å². The van der Waals surface area contributed by atoms with Crippen molar-refractivity contribution in [2.24, 2.45) is 0 Å². The third-order valence-electron chi connectivity index (χ3n) is 16.0. The number of esters is 1. The molecule has 0 amide bonds. The van der Waals surface area contributed by atoms with Crippen LogP contribution >= 0.6 is 0 Å². The molecule has 3 heterocycles. The summed E-state index contributed by atoms with van der Waals surface area (Å²) in [6.45, 7) is 7.31. The van der Waals surface area contributed by atoms with Crippen LogP contribution in [0.15, 0.2) is 182 Å². The van der Waals surface area contributed by atoms with Gasteiger partial charge >= 0.3 is 5.97 Å². The highest BCUT2D eigenvalue weighted by Crippen LogP contribution is 2.52. The SMILES string of the molecule is CO[C@H]1O[C@H](CO[Si](c2ccccc2)(c2ccccc2)C(C)(C)C)[C@H]2O[C@@]3(OC)CCCC[C@]3(OC)O[C@@H]2[C@@H]1O[C@H]1O[C@H](COCc2ccccc2)[C@@H](OC(=O)c2ccccc2)[C@H](OCc2ccccc2)[C@@H]1OCc1ccccc1. The molecule has 3 saturated heterocycles. The highest BCUT2D eigenvalue weighted by molar-refractivity contribution is 6.99. The quantitative estimate of drug-likeness (QED) is 0.0471. The van der Waals surface area contributed by atoms with Gasteiger partial charge in [-0.15, -0.1) is 0 Å². The summed E-state index contributed by atoms with van der Waals surface area (Å²) in [5.41, 5.74) is 3.09. The topological polar surface area (TPSA) is 137 Å². The first-order chi connectivity index (χ1) is 39.0. The van der Waals surface area contributed by atoms with E-state index in [2.05, 4.69) is 69.3 Å². The Morgan fingerprint density at radius 3 is 1.49 bits per heavy atom. The first-order valence-electron chi connectivity index (χ1n) is 27.9. The summed E-state index contributed by atoms with van der Waals surface area (Å²) in [5, 5.41) is 1.89. The highest BCUT2D eigenvalue weighted by Gasteiger charge is 2.68. The van der Waals surface area contributed by atoms with Crippen molar-refractivity contribution in [3.05, 3.63) is 204 Å². The average Bonchev–Trinajstić information content (AvgIpc) is 3.69. The molecule has 0 spiro atoms. The zero-order valence-corrected chi connectivity index (χ0v) is 47.7. The Bertz CT molecular complexity index is 2790. The van der Waals surface area contributed by atoms with Gasteiger partial charge in [-0.25, -0.2) is 4.79 Å². The van der Waals surface area contributed by atoms with Crippen LogP contribution in [0.5, 0.6) is 0 Å². The number of fused-ring (bicyclic) bond motifs is 2. The summed E-state index contributed by atoms with van der Waals surface area (Å²) in [6.07, 6.45) is -7.52. The maximum absolute atomic E-state index is 14.3. The molecule has 0 bridgehead atoms. The van der Waals surface area contributed by atoms with Crippen molar-refractivity contribution in [2.45, 2.75) is 144 Å². The molecule has 424 valence electrons. The maximum Gasteiger partial charge on any atom is 0.338 e. The van der Waals surface area contributed by atoms with Gasteiger partial charge in [0.05, 0.1) is 38.6 Å². The molecule has 0 unspecified atom stereocenters. The van der Waals surface area contributed by atoms with Gasteiger partial charge in [0.15, 0.2) is 18.7 Å². The van der Waals surface area contributed by atoms with Crippen molar-refractivity contribution >= 4 is 24.7 Å². The summed E-state index contributed by atoms with van der Waals surface area (Å²) in [7, 11) is 1.71. The zero-order chi connectivity index (χ0) is 55.6. The molecule has 80 heavy (non-hydrogen) atoms. The van der Waals surface area contributed by atoms with Gasteiger partial charge in [-0.2, -0.15) is 0 Å². The van der Waals surface area contributed by atoms with Crippen molar-refractivity contribution < 1.29 is 66.1 Å². The van der Waals surface area contributed by atoms with Gasteiger partial charge in [-0.05, 0) is 57.1 Å². The molecule has 6 aromatic carbocycles. The van der Waals surface area contributed by atoms with E-state index in [1.54, 1.807) is 45.6 Å². The molecule has 3 aliphatic heterocycles. The number of hydrogen-bond acceptors (Lipinski definition) is 14. The Morgan fingerprint density at radius 2 is 0.988 bits per heavy atom. The minimum Gasteiger partial charge on any atom is -0.453 e. The number of carbonyl (C=O) groups is 1. The molecule has 4 aliphatic rings. The normalized spacial score (nSPS) is 28.8. The van der Waals surface area contributed by atoms with Gasteiger partial charge in [0, 0.05) is 34.2 Å². The van der Waals surface area contributed by atoms with Crippen molar-refractivity contribution in [2.75, 3.05) is 34.5 Å². The lowest BCUT2D eigenvalue weighted by atomic mass is 9.83.